The van der Waals surface area contributed by atoms with E-state index in [1.807, 2.05) is 25.9 Å². The molecule has 0 saturated heterocycles. The van der Waals surface area contributed by atoms with Crippen molar-refractivity contribution >= 4 is 5.91 Å². The van der Waals surface area contributed by atoms with Crippen molar-refractivity contribution in [2.75, 3.05) is 27.2 Å². The molecule has 5 nitrogen and oxygen atoms in total. The second-order valence-corrected chi connectivity index (χ2v) is 5.19. The third-order valence-electron chi connectivity index (χ3n) is 2.54. The zero-order chi connectivity index (χ0) is 13.0. The Balaban J connectivity index is 4.19. The second-order valence-electron chi connectivity index (χ2n) is 5.19. The number of hydrogen-bond donors (Lipinski definition) is 3. The minimum absolute atomic E-state index is 0.205. The predicted octanol–water partition coefficient (Wildman–Crippen LogP) is -0.457. The summed E-state index contributed by atoms with van der Waals surface area (Å²) in [6, 6.07) is 0. The van der Waals surface area contributed by atoms with Crippen LogP contribution in [0.25, 0.3) is 0 Å². The number of amides is 1. The van der Waals surface area contributed by atoms with Crippen molar-refractivity contribution in [3.05, 3.63) is 0 Å². The highest BCUT2D eigenvalue weighted by Gasteiger charge is 2.28. The van der Waals surface area contributed by atoms with E-state index in [0.717, 1.165) is 0 Å². The maximum atomic E-state index is 11.7. The molecule has 0 aliphatic rings. The van der Waals surface area contributed by atoms with Gasteiger partial charge in [-0.3, -0.25) is 4.79 Å². The first kappa shape index (κ1) is 15.3. The molecule has 0 aromatic rings. The Labute approximate surface area is 98.0 Å². The number of nitrogens with zero attached hydrogens (tertiary/aromatic N) is 1. The lowest BCUT2D eigenvalue weighted by Crippen LogP contribution is -2.55. The lowest BCUT2D eigenvalue weighted by Gasteiger charge is -2.29. The molecular weight excluding hydrogens is 206 g/mol. The molecule has 2 atom stereocenters. The van der Waals surface area contributed by atoms with Gasteiger partial charge in [-0.05, 0) is 34.4 Å². The molecule has 0 saturated carbocycles. The summed E-state index contributed by atoms with van der Waals surface area (Å²) in [4.78, 5) is 13.5. The highest BCUT2D eigenvalue weighted by molar-refractivity contribution is 5.85. The van der Waals surface area contributed by atoms with Crippen molar-refractivity contribution in [1.29, 1.82) is 0 Å². The van der Waals surface area contributed by atoms with Crippen molar-refractivity contribution < 1.29 is 9.90 Å². The monoisotopic (exact) mass is 231 g/mol. The van der Waals surface area contributed by atoms with E-state index in [2.05, 4.69) is 5.32 Å². The molecule has 96 valence electrons. The van der Waals surface area contributed by atoms with Crippen LogP contribution in [0, 0.1) is 0 Å². The molecule has 5 heteroatoms. The molecule has 1 amide bonds. The third-order valence-corrected chi connectivity index (χ3v) is 2.54. The molecule has 0 bridgehead atoms. The van der Waals surface area contributed by atoms with Gasteiger partial charge in [0, 0.05) is 13.1 Å². The topological polar surface area (TPSA) is 78.6 Å². The molecule has 0 aliphatic carbocycles. The minimum atomic E-state index is -0.941. The lowest BCUT2D eigenvalue weighted by atomic mass is 9.98. The molecule has 0 aromatic heterocycles. The molecule has 0 fully saturated rings. The van der Waals surface area contributed by atoms with Gasteiger partial charge < -0.3 is 21.1 Å². The van der Waals surface area contributed by atoms with E-state index in [0.29, 0.717) is 13.0 Å². The second kappa shape index (κ2) is 5.61. The van der Waals surface area contributed by atoms with Crippen molar-refractivity contribution in [2.24, 2.45) is 5.73 Å². The maximum absolute atomic E-state index is 11.7. The molecule has 0 heterocycles. The first-order valence-electron chi connectivity index (χ1n) is 5.55. The van der Waals surface area contributed by atoms with Crippen LogP contribution in [0.1, 0.15) is 27.2 Å². The number of carbonyl (C=O) groups is 1. The standard InChI is InChI=1S/C11H25N3O2/c1-6-11(3,12)9(15)13-7-10(2,16)8-14(4)5/h16H,6-8,12H2,1-5H3,(H,13,15). The van der Waals surface area contributed by atoms with Gasteiger partial charge in [0.2, 0.25) is 5.91 Å². The molecular formula is C11H25N3O2. The first-order valence-corrected chi connectivity index (χ1v) is 5.55. The van der Waals surface area contributed by atoms with E-state index in [9.17, 15) is 9.90 Å². The Morgan fingerprint density at radius 2 is 1.94 bits per heavy atom. The van der Waals surface area contributed by atoms with E-state index < -0.39 is 11.1 Å². The van der Waals surface area contributed by atoms with Crippen LogP contribution in [-0.2, 0) is 4.79 Å². The zero-order valence-electron chi connectivity index (χ0n) is 11.0. The van der Waals surface area contributed by atoms with E-state index in [1.54, 1.807) is 13.8 Å². The fraction of sp³-hybridized carbons (Fsp3) is 0.909. The number of rotatable bonds is 6. The van der Waals surface area contributed by atoms with E-state index in [-0.39, 0.29) is 12.5 Å². The molecule has 4 N–H and O–H groups in total. The number of aliphatic hydroxyl groups is 1. The summed E-state index contributed by atoms with van der Waals surface area (Å²) < 4.78 is 0. The summed E-state index contributed by atoms with van der Waals surface area (Å²) in [6.45, 7) is 5.92. The number of nitrogens with two attached hydrogens (primary N) is 1. The van der Waals surface area contributed by atoms with Gasteiger partial charge >= 0.3 is 0 Å². The van der Waals surface area contributed by atoms with Crippen LogP contribution in [-0.4, -0.2) is 54.2 Å². The summed E-state index contributed by atoms with van der Waals surface area (Å²) in [5.74, 6) is -0.228. The smallest absolute Gasteiger partial charge is 0.239 e. The van der Waals surface area contributed by atoms with Crippen molar-refractivity contribution in [2.45, 2.75) is 38.3 Å². The Morgan fingerprint density at radius 1 is 1.44 bits per heavy atom. The fourth-order valence-corrected chi connectivity index (χ4v) is 1.37. The van der Waals surface area contributed by atoms with Gasteiger partial charge in [0.25, 0.3) is 0 Å². The van der Waals surface area contributed by atoms with Gasteiger partial charge in [-0.25, -0.2) is 0 Å². The van der Waals surface area contributed by atoms with Gasteiger partial charge in [-0.15, -0.1) is 0 Å². The Bertz CT molecular complexity index is 237. The molecule has 0 aliphatic heterocycles. The third kappa shape index (κ3) is 5.44. The van der Waals surface area contributed by atoms with Crippen LogP contribution in [0.3, 0.4) is 0 Å². The Morgan fingerprint density at radius 3 is 2.31 bits per heavy atom. The van der Waals surface area contributed by atoms with Crippen LogP contribution >= 0.6 is 0 Å². The average Bonchev–Trinajstić information content (AvgIpc) is 2.12. The van der Waals surface area contributed by atoms with Crippen LogP contribution < -0.4 is 11.1 Å². The highest BCUT2D eigenvalue weighted by atomic mass is 16.3. The van der Waals surface area contributed by atoms with Crippen LogP contribution in [0.5, 0.6) is 0 Å². The van der Waals surface area contributed by atoms with E-state index in [1.165, 1.54) is 0 Å². The zero-order valence-corrected chi connectivity index (χ0v) is 11.0. The lowest BCUT2D eigenvalue weighted by molar-refractivity contribution is -0.127. The quantitative estimate of drug-likeness (QED) is 0.578. The van der Waals surface area contributed by atoms with Gasteiger partial charge in [-0.1, -0.05) is 6.92 Å². The number of likely N-dealkylation sites (N-methyl/N-ethyl adjacent to an activating group) is 1. The van der Waals surface area contributed by atoms with Crippen molar-refractivity contribution in [3.63, 3.8) is 0 Å². The summed E-state index contributed by atoms with van der Waals surface area (Å²) in [6.07, 6.45) is 0.564. The SMILES string of the molecule is CCC(C)(N)C(=O)NCC(C)(O)CN(C)C. The summed E-state index contributed by atoms with van der Waals surface area (Å²) in [5.41, 5.74) is 3.98. The highest BCUT2D eigenvalue weighted by Crippen LogP contribution is 2.07. The van der Waals surface area contributed by atoms with Crippen LogP contribution in [0.15, 0.2) is 0 Å². The predicted molar refractivity (Wildman–Crippen MR) is 65.1 cm³/mol. The molecule has 0 spiro atoms. The maximum Gasteiger partial charge on any atom is 0.239 e. The molecule has 0 aromatic carbocycles. The first-order chi connectivity index (χ1) is 7.10. The Kier molecular flexibility index (Phi) is 5.38. The average molecular weight is 231 g/mol. The number of hydrogen-bond acceptors (Lipinski definition) is 4. The minimum Gasteiger partial charge on any atom is -0.387 e. The van der Waals surface area contributed by atoms with Crippen molar-refractivity contribution in [1.82, 2.24) is 10.2 Å². The molecule has 0 rings (SSSR count). The van der Waals surface area contributed by atoms with Crippen LogP contribution in [0.4, 0.5) is 0 Å². The summed E-state index contributed by atoms with van der Waals surface area (Å²) in [5, 5.41) is 12.7. The van der Waals surface area contributed by atoms with Gasteiger partial charge in [0.1, 0.15) is 0 Å². The fourth-order valence-electron chi connectivity index (χ4n) is 1.37. The molecule has 2 unspecified atom stereocenters. The molecule has 0 radical (unpaired) electrons. The summed E-state index contributed by atoms with van der Waals surface area (Å²) >= 11 is 0. The van der Waals surface area contributed by atoms with Gasteiger partial charge in [0.05, 0.1) is 11.1 Å². The normalized spacial score (nSPS) is 19.0. The Hall–Kier alpha value is -0.650. The number of carbonyl (C=O) groups excluding carboxylic acids is 1. The molecule has 16 heavy (non-hydrogen) atoms. The number of nitrogens with one attached hydrogen (secondary N) is 1. The summed E-state index contributed by atoms with van der Waals surface area (Å²) in [7, 11) is 3.74. The van der Waals surface area contributed by atoms with E-state index >= 15 is 0 Å². The van der Waals surface area contributed by atoms with E-state index in [4.69, 9.17) is 5.73 Å². The van der Waals surface area contributed by atoms with Gasteiger partial charge in [-0.2, -0.15) is 0 Å². The van der Waals surface area contributed by atoms with Crippen LogP contribution in [0.2, 0.25) is 0 Å². The largest absolute Gasteiger partial charge is 0.387 e. The van der Waals surface area contributed by atoms with Crippen molar-refractivity contribution in [3.8, 4) is 0 Å². The van der Waals surface area contributed by atoms with Gasteiger partial charge in [0.15, 0.2) is 0 Å².